The van der Waals surface area contributed by atoms with Gasteiger partial charge in [-0.15, -0.1) is 0 Å². The Labute approximate surface area is 181 Å². The molecular weight excluding hydrogens is 401 g/mol. The lowest BCUT2D eigenvalue weighted by Crippen LogP contribution is -2.57. The second-order valence-electron chi connectivity index (χ2n) is 7.95. The number of piperazine rings is 1. The largest absolute Gasteiger partial charge is 0.394 e. The maximum absolute atomic E-state index is 13.2. The zero-order valence-corrected chi connectivity index (χ0v) is 17.2. The second-order valence-corrected chi connectivity index (χ2v) is 7.95. The summed E-state index contributed by atoms with van der Waals surface area (Å²) in [5.41, 5.74) is 1.52. The molecular formula is C23H28FN3O4. The molecule has 0 bridgehead atoms. The fraction of sp³-hybridized carbons (Fsp3) is 0.435. The molecule has 2 heterocycles. The molecule has 1 amide bonds. The van der Waals surface area contributed by atoms with Gasteiger partial charge in [0, 0.05) is 44.0 Å². The highest BCUT2D eigenvalue weighted by atomic mass is 19.1. The molecule has 2 aromatic rings. The lowest BCUT2D eigenvalue weighted by atomic mass is 10.0. The van der Waals surface area contributed by atoms with E-state index in [1.54, 1.807) is 36.4 Å². The van der Waals surface area contributed by atoms with E-state index in [0.717, 1.165) is 18.8 Å². The summed E-state index contributed by atoms with van der Waals surface area (Å²) < 4.78 is 19.1. The lowest BCUT2D eigenvalue weighted by molar-refractivity contribution is -0.0209. The predicted octanol–water partition coefficient (Wildman–Crippen LogP) is 0.867. The number of aliphatic hydroxyl groups is 2. The Bertz CT molecular complexity index is 859. The van der Waals surface area contributed by atoms with Crippen LogP contribution < -0.4 is 10.2 Å². The van der Waals surface area contributed by atoms with Crippen LogP contribution in [0.15, 0.2) is 54.6 Å². The molecule has 4 rings (SSSR count). The van der Waals surface area contributed by atoms with Gasteiger partial charge in [-0.05, 0) is 36.4 Å². The summed E-state index contributed by atoms with van der Waals surface area (Å²) in [7, 11) is 0. The number of nitrogens with one attached hydrogen (secondary N) is 1. The maximum atomic E-state index is 13.2. The number of ether oxygens (including phenoxy) is 1. The number of carbonyl (C=O) groups is 1. The third kappa shape index (κ3) is 4.88. The number of anilines is 1. The molecule has 4 atom stereocenters. The highest BCUT2D eigenvalue weighted by Gasteiger charge is 2.46. The van der Waals surface area contributed by atoms with Gasteiger partial charge in [-0.25, -0.2) is 4.39 Å². The van der Waals surface area contributed by atoms with Crippen LogP contribution in [0.3, 0.4) is 0 Å². The van der Waals surface area contributed by atoms with Crippen LogP contribution in [-0.2, 0) is 4.74 Å². The number of amides is 1. The standard InChI is InChI=1S/C23H28FN3O4/c24-17-6-8-18(9-7-17)26-10-12-27(13-11-26)21-19(31-20(15-28)22(21)29)14-25-23(30)16-4-2-1-3-5-16/h1-9,19-22,28-29H,10-15H2,(H,25,30)/t19-,20-,21-,22+/m0/s1. The van der Waals surface area contributed by atoms with Crippen LogP contribution in [0.25, 0.3) is 0 Å². The number of halogens is 1. The molecule has 7 nitrogen and oxygen atoms in total. The fourth-order valence-corrected chi connectivity index (χ4v) is 4.41. The number of rotatable bonds is 6. The Morgan fingerprint density at radius 3 is 2.35 bits per heavy atom. The Kier molecular flexibility index (Phi) is 6.82. The Morgan fingerprint density at radius 1 is 1.03 bits per heavy atom. The zero-order valence-electron chi connectivity index (χ0n) is 17.2. The van der Waals surface area contributed by atoms with E-state index < -0.39 is 18.3 Å². The lowest BCUT2D eigenvalue weighted by Gasteiger charge is -2.41. The summed E-state index contributed by atoms with van der Waals surface area (Å²) in [6.45, 7) is 2.78. The molecule has 2 aliphatic rings. The first-order chi connectivity index (χ1) is 15.1. The minimum atomic E-state index is -0.846. The van der Waals surface area contributed by atoms with Crippen LogP contribution in [0.5, 0.6) is 0 Å². The molecule has 2 saturated heterocycles. The van der Waals surface area contributed by atoms with Crippen LogP contribution in [0, 0.1) is 5.82 Å². The Balaban J connectivity index is 1.39. The minimum Gasteiger partial charge on any atom is -0.394 e. The molecule has 2 fully saturated rings. The van der Waals surface area contributed by atoms with Crippen molar-refractivity contribution in [3.8, 4) is 0 Å². The molecule has 2 aliphatic heterocycles. The molecule has 31 heavy (non-hydrogen) atoms. The molecule has 8 heteroatoms. The molecule has 166 valence electrons. The summed E-state index contributed by atoms with van der Waals surface area (Å²) in [6.07, 6.45) is -1.96. The van der Waals surface area contributed by atoms with Gasteiger partial charge in [0.25, 0.3) is 5.91 Å². The fourth-order valence-electron chi connectivity index (χ4n) is 4.41. The van der Waals surface area contributed by atoms with E-state index >= 15 is 0 Å². The van der Waals surface area contributed by atoms with Gasteiger partial charge < -0.3 is 25.2 Å². The summed E-state index contributed by atoms with van der Waals surface area (Å²) >= 11 is 0. The zero-order chi connectivity index (χ0) is 21.8. The van der Waals surface area contributed by atoms with Crippen molar-refractivity contribution < 1.29 is 24.1 Å². The topological polar surface area (TPSA) is 85.3 Å². The van der Waals surface area contributed by atoms with Crippen molar-refractivity contribution in [1.82, 2.24) is 10.2 Å². The van der Waals surface area contributed by atoms with Crippen molar-refractivity contribution in [3.63, 3.8) is 0 Å². The Hall–Kier alpha value is -2.52. The van der Waals surface area contributed by atoms with Crippen LogP contribution in [0.4, 0.5) is 10.1 Å². The van der Waals surface area contributed by atoms with Gasteiger partial charge >= 0.3 is 0 Å². The average Bonchev–Trinajstić information content (AvgIpc) is 3.14. The number of carbonyl (C=O) groups excluding carboxylic acids is 1. The van der Waals surface area contributed by atoms with E-state index in [4.69, 9.17) is 4.74 Å². The van der Waals surface area contributed by atoms with Crippen LogP contribution in [0.1, 0.15) is 10.4 Å². The monoisotopic (exact) mass is 429 g/mol. The van der Waals surface area contributed by atoms with Gasteiger partial charge in [0.15, 0.2) is 0 Å². The SMILES string of the molecule is O=C(NC[C@@H]1O[C@@H](CO)[C@@H](O)[C@H]1N1CCN(c2ccc(F)cc2)CC1)c1ccccc1. The molecule has 0 unspecified atom stereocenters. The number of nitrogens with zero attached hydrogens (tertiary/aromatic N) is 2. The van der Waals surface area contributed by atoms with Crippen LogP contribution in [-0.4, -0.2) is 84.7 Å². The smallest absolute Gasteiger partial charge is 0.251 e. The summed E-state index contributed by atoms with van der Waals surface area (Å²) in [4.78, 5) is 16.7. The highest BCUT2D eigenvalue weighted by Crippen LogP contribution is 2.27. The van der Waals surface area contributed by atoms with Gasteiger partial charge in [-0.2, -0.15) is 0 Å². The van der Waals surface area contributed by atoms with Crippen molar-refractivity contribution in [2.75, 3.05) is 44.2 Å². The van der Waals surface area contributed by atoms with Crippen LogP contribution >= 0.6 is 0 Å². The molecule has 3 N–H and O–H groups in total. The number of hydrogen-bond donors (Lipinski definition) is 3. The van der Waals surface area contributed by atoms with Crippen molar-refractivity contribution in [3.05, 3.63) is 66.0 Å². The summed E-state index contributed by atoms with van der Waals surface area (Å²) in [5, 5.41) is 23.3. The molecule has 0 aromatic heterocycles. The molecule has 0 aliphatic carbocycles. The van der Waals surface area contributed by atoms with Crippen molar-refractivity contribution in [2.24, 2.45) is 0 Å². The maximum Gasteiger partial charge on any atom is 0.251 e. The van der Waals surface area contributed by atoms with E-state index in [2.05, 4.69) is 15.1 Å². The highest BCUT2D eigenvalue weighted by molar-refractivity contribution is 5.94. The molecule has 0 radical (unpaired) electrons. The van der Waals surface area contributed by atoms with E-state index in [-0.39, 0.29) is 30.9 Å². The quantitative estimate of drug-likeness (QED) is 0.632. The predicted molar refractivity (Wildman–Crippen MR) is 115 cm³/mol. The van der Waals surface area contributed by atoms with E-state index in [9.17, 15) is 19.4 Å². The minimum absolute atomic E-state index is 0.203. The number of benzene rings is 2. The molecule has 2 aromatic carbocycles. The van der Waals surface area contributed by atoms with Gasteiger partial charge in [-0.3, -0.25) is 9.69 Å². The average molecular weight is 429 g/mol. The van der Waals surface area contributed by atoms with E-state index in [1.165, 1.54) is 12.1 Å². The first-order valence-corrected chi connectivity index (χ1v) is 10.6. The van der Waals surface area contributed by atoms with Crippen molar-refractivity contribution >= 4 is 11.6 Å². The van der Waals surface area contributed by atoms with Gasteiger partial charge in [0.2, 0.25) is 0 Å². The number of aliphatic hydroxyl groups excluding tert-OH is 2. The summed E-state index contributed by atoms with van der Waals surface area (Å²) in [6, 6.07) is 15.0. The van der Waals surface area contributed by atoms with Crippen molar-refractivity contribution in [1.29, 1.82) is 0 Å². The van der Waals surface area contributed by atoms with Gasteiger partial charge in [0.1, 0.15) is 18.0 Å². The number of hydrogen-bond acceptors (Lipinski definition) is 6. The second kappa shape index (κ2) is 9.74. The third-order valence-electron chi connectivity index (χ3n) is 6.07. The van der Waals surface area contributed by atoms with Crippen molar-refractivity contribution in [2.45, 2.75) is 24.4 Å². The molecule has 0 saturated carbocycles. The van der Waals surface area contributed by atoms with Crippen LogP contribution in [0.2, 0.25) is 0 Å². The molecule has 0 spiro atoms. The first-order valence-electron chi connectivity index (χ1n) is 10.6. The van der Waals surface area contributed by atoms with Gasteiger partial charge in [-0.1, -0.05) is 18.2 Å². The van der Waals surface area contributed by atoms with E-state index in [0.29, 0.717) is 18.7 Å². The third-order valence-corrected chi connectivity index (χ3v) is 6.07. The van der Waals surface area contributed by atoms with Gasteiger partial charge in [0.05, 0.1) is 18.8 Å². The first kappa shape index (κ1) is 21.7. The Morgan fingerprint density at radius 2 is 1.71 bits per heavy atom. The normalized spacial score (nSPS) is 26.7. The summed E-state index contributed by atoms with van der Waals surface area (Å²) in [5.74, 6) is -0.463. The van der Waals surface area contributed by atoms with E-state index in [1.807, 2.05) is 6.07 Å².